The van der Waals surface area contributed by atoms with Crippen LogP contribution in [0.3, 0.4) is 0 Å². The molecule has 7 nitrogen and oxygen atoms in total. The van der Waals surface area contributed by atoms with Crippen molar-refractivity contribution in [2.24, 2.45) is 0 Å². The van der Waals surface area contributed by atoms with E-state index in [2.05, 4.69) is 10.6 Å². The number of carbonyl (C=O) groups excluding carboxylic acids is 3. The lowest BCUT2D eigenvalue weighted by Gasteiger charge is -2.35. The summed E-state index contributed by atoms with van der Waals surface area (Å²) >= 11 is 0. The summed E-state index contributed by atoms with van der Waals surface area (Å²) in [5.41, 5.74) is 5.56. The van der Waals surface area contributed by atoms with E-state index >= 15 is 0 Å². The van der Waals surface area contributed by atoms with Gasteiger partial charge in [0.2, 0.25) is 5.91 Å². The smallest absolute Gasteiger partial charge is 0.408 e. The van der Waals surface area contributed by atoms with Crippen LogP contribution in [0, 0.1) is 27.7 Å². The van der Waals surface area contributed by atoms with Gasteiger partial charge in [-0.1, -0.05) is 72.3 Å². The van der Waals surface area contributed by atoms with Crippen molar-refractivity contribution < 1.29 is 19.1 Å². The number of benzene rings is 3. The van der Waals surface area contributed by atoms with Crippen LogP contribution in [0.2, 0.25) is 0 Å². The molecule has 1 saturated carbocycles. The number of ether oxygens (including phenoxy) is 1. The Kier molecular flexibility index (Phi) is 9.40. The second-order valence-corrected chi connectivity index (χ2v) is 12.4. The van der Waals surface area contributed by atoms with Crippen molar-refractivity contribution >= 4 is 23.6 Å². The first-order valence-corrected chi connectivity index (χ1v) is 14.6. The molecule has 0 radical (unpaired) electrons. The fraction of sp³-hybridized carbons (Fsp3) is 0.400. The molecule has 1 aliphatic rings. The molecule has 0 spiro atoms. The largest absolute Gasteiger partial charge is 0.444 e. The molecule has 42 heavy (non-hydrogen) atoms. The summed E-state index contributed by atoms with van der Waals surface area (Å²) in [7, 11) is 0. The average Bonchev–Trinajstić information content (AvgIpc) is 3.74. The standard InChI is InChI=1S/C35H43N3O4/c1-22-16-19-28(25(4)20-22)31(32(39)37-30-23(2)12-11-13-24(30)3)38(27-17-18-27)33(40)29(21-26-14-9-8-10-15-26)36-34(41)42-35(5,6)7/h8-16,19-20,27,29,31H,17-18,21H2,1-7H3,(H,36,41)(H,37,39). The summed E-state index contributed by atoms with van der Waals surface area (Å²) in [6, 6.07) is 19.4. The second kappa shape index (κ2) is 12.8. The Bertz CT molecular complexity index is 1420. The Hall–Kier alpha value is -4.13. The number of hydrogen-bond acceptors (Lipinski definition) is 4. The third-order valence-corrected chi connectivity index (χ3v) is 7.44. The van der Waals surface area contributed by atoms with Crippen LogP contribution in [0.1, 0.15) is 73.0 Å². The molecule has 0 heterocycles. The van der Waals surface area contributed by atoms with Crippen molar-refractivity contribution in [3.05, 3.63) is 100 Å². The van der Waals surface area contributed by atoms with Gasteiger partial charge < -0.3 is 20.3 Å². The fourth-order valence-corrected chi connectivity index (χ4v) is 5.30. The van der Waals surface area contributed by atoms with Crippen LogP contribution in [0.4, 0.5) is 10.5 Å². The van der Waals surface area contributed by atoms with Crippen LogP contribution < -0.4 is 10.6 Å². The van der Waals surface area contributed by atoms with Crippen molar-refractivity contribution in [2.45, 2.75) is 91.5 Å². The number of nitrogens with zero attached hydrogens (tertiary/aromatic N) is 1. The molecule has 3 amide bonds. The first-order chi connectivity index (χ1) is 19.8. The highest BCUT2D eigenvalue weighted by molar-refractivity contribution is 6.00. The summed E-state index contributed by atoms with van der Waals surface area (Å²) < 4.78 is 5.54. The number of aryl methyl sites for hydroxylation is 4. The normalized spacial score (nSPS) is 14.5. The molecule has 3 aromatic carbocycles. The van der Waals surface area contributed by atoms with Crippen LogP contribution in [-0.2, 0) is 20.7 Å². The number of amides is 3. The maximum absolute atomic E-state index is 14.6. The van der Waals surface area contributed by atoms with E-state index in [4.69, 9.17) is 4.74 Å². The summed E-state index contributed by atoms with van der Waals surface area (Å²) in [4.78, 5) is 43.6. The van der Waals surface area contributed by atoms with Gasteiger partial charge >= 0.3 is 6.09 Å². The van der Waals surface area contributed by atoms with E-state index in [1.165, 1.54) is 0 Å². The summed E-state index contributed by atoms with van der Waals surface area (Å²) in [6.45, 7) is 13.2. The van der Waals surface area contributed by atoms with Crippen molar-refractivity contribution in [2.75, 3.05) is 5.32 Å². The van der Waals surface area contributed by atoms with Gasteiger partial charge in [0.05, 0.1) is 0 Å². The molecule has 1 aliphatic carbocycles. The van der Waals surface area contributed by atoms with Crippen LogP contribution in [-0.4, -0.2) is 40.5 Å². The summed E-state index contributed by atoms with van der Waals surface area (Å²) in [5.74, 6) is -0.593. The van der Waals surface area contributed by atoms with Crippen molar-refractivity contribution in [3.63, 3.8) is 0 Å². The molecule has 2 N–H and O–H groups in total. The Labute approximate surface area is 249 Å². The highest BCUT2D eigenvalue weighted by Gasteiger charge is 2.44. The molecule has 222 valence electrons. The van der Waals surface area contributed by atoms with E-state index in [1.54, 1.807) is 25.7 Å². The number of para-hydroxylation sites is 1. The molecular formula is C35H43N3O4. The lowest BCUT2D eigenvalue weighted by molar-refractivity contribution is -0.141. The fourth-order valence-electron chi connectivity index (χ4n) is 5.30. The van der Waals surface area contributed by atoms with Crippen LogP contribution in [0.5, 0.6) is 0 Å². The van der Waals surface area contributed by atoms with E-state index in [0.717, 1.165) is 51.9 Å². The first-order valence-electron chi connectivity index (χ1n) is 14.6. The molecule has 0 aliphatic heterocycles. The van der Waals surface area contributed by atoms with Gasteiger partial charge in [-0.3, -0.25) is 9.59 Å². The van der Waals surface area contributed by atoms with Crippen molar-refractivity contribution in [1.29, 1.82) is 0 Å². The minimum Gasteiger partial charge on any atom is -0.444 e. The molecule has 2 atom stereocenters. The average molecular weight is 570 g/mol. The molecule has 4 rings (SSSR count). The predicted octanol–water partition coefficient (Wildman–Crippen LogP) is 6.73. The van der Waals surface area contributed by atoms with Crippen molar-refractivity contribution in [3.8, 4) is 0 Å². The predicted molar refractivity (Wildman–Crippen MR) is 166 cm³/mol. The Morgan fingerprint density at radius 2 is 1.52 bits per heavy atom. The molecular weight excluding hydrogens is 526 g/mol. The molecule has 0 saturated heterocycles. The highest BCUT2D eigenvalue weighted by atomic mass is 16.6. The topological polar surface area (TPSA) is 87.7 Å². The van der Waals surface area contributed by atoms with Gasteiger partial charge in [0.15, 0.2) is 0 Å². The third kappa shape index (κ3) is 7.78. The molecule has 7 heteroatoms. The van der Waals surface area contributed by atoms with E-state index in [-0.39, 0.29) is 24.3 Å². The monoisotopic (exact) mass is 569 g/mol. The number of anilines is 1. The maximum Gasteiger partial charge on any atom is 0.408 e. The highest BCUT2D eigenvalue weighted by Crippen LogP contribution is 2.38. The molecule has 2 unspecified atom stereocenters. The van der Waals surface area contributed by atoms with E-state index < -0.39 is 23.8 Å². The summed E-state index contributed by atoms with van der Waals surface area (Å²) in [6.07, 6.45) is 1.17. The van der Waals surface area contributed by atoms with E-state index in [0.29, 0.717) is 0 Å². The lowest BCUT2D eigenvalue weighted by Crippen LogP contribution is -2.54. The quantitative estimate of drug-likeness (QED) is 0.299. The zero-order valence-corrected chi connectivity index (χ0v) is 25.8. The van der Waals surface area contributed by atoms with Crippen LogP contribution in [0.15, 0.2) is 66.7 Å². The summed E-state index contributed by atoms with van der Waals surface area (Å²) in [5, 5.41) is 5.99. The number of carbonyl (C=O) groups is 3. The Morgan fingerprint density at radius 1 is 0.881 bits per heavy atom. The molecule has 3 aromatic rings. The minimum absolute atomic E-state index is 0.120. The van der Waals surface area contributed by atoms with Gasteiger partial charge in [-0.25, -0.2) is 4.79 Å². The van der Waals surface area contributed by atoms with E-state index in [9.17, 15) is 14.4 Å². The van der Waals surface area contributed by atoms with Gasteiger partial charge in [-0.2, -0.15) is 0 Å². The van der Waals surface area contributed by atoms with E-state index in [1.807, 2.05) is 94.4 Å². The molecule has 0 bridgehead atoms. The van der Waals surface area contributed by atoms with Gasteiger partial charge in [0, 0.05) is 18.2 Å². The van der Waals surface area contributed by atoms with Crippen molar-refractivity contribution in [1.82, 2.24) is 10.2 Å². The SMILES string of the molecule is Cc1ccc(C(C(=O)Nc2c(C)cccc2C)N(C(=O)C(Cc2ccccc2)NC(=O)OC(C)(C)C)C2CC2)c(C)c1. The number of alkyl carbamates (subject to hydrolysis) is 1. The second-order valence-electron chi connectivity index (χ2n) is 12.4. The minimum atomic E-state index is -0.927. The van der Waals surface area contributed by atoms with Gasteiger partial charge in [-0.05, 0) is 89.1 Å². The molecule has 0 aromatic heterocycles. The van der Waals surface area contributed by atoms with Gasteiger partial charge in [0.25, 0.3) is 5.91 Å². The first kappa shape index (κ1) is 30.8. The zero-order valence-electron chi connectivity index (χ0n) is 25.8. The number of rotatable bonds is 9. The Morgan fingerprint density at radius 3 is 2.10 bits per heavy atom. The lowest BCUT2D eigenvalue weighted by atomic mass is 9.95. The number of nitrogens with one attached hydrogen (secondary N) is 2. The van der Waals surface area contributed by atoms with Gasteiger partial charge in [-0.15, -0.1) is 0 Å². The van der Waals surface area contributed by atoms with Gasteiger partial charge in [0.1, 0.15) is 17.7 Å². The molecule has 1 fully saturated rings. The van der Waals surface area contributed by atoms with Crippen LogP contribution in [0.25, 0.3) is 0 Å². The number of hydrogen-bond donors (Lipinski definition) is 2. The maximum atomic E-state index is 14.6. The Balaban J connectivity index is 1.77. The third-order valence-electron chi connectivity index (χ3n) is 7.44. The zero-order chi connectivity index (χ0) is 30.6. The van der Waals surface area contributed by atoms with Crippen LogP contribution >= 0.6 is 0 Å².